The number of hydrogen-bond donors (Lipinski definition) is 0. The van der Waals surface area contributed by atoms with Gasteiger partial charge >= 0.3 is 5.97 Å². The molecule has 2 rings (SSSR count). The van der Waals surface area contributed by atoms with Gasteiger partial charge in [0.15, 0.2) is 5.78 Å². The minimum absolute atomic E-state index is 0.266. The van der Waals surface area contributed by atoms with Crippen molar-refractivity contribution in [3.8, 4) is 5.75 Å². The first-order valence-electron chi connectivity index (χ1n) is 7.47. The van der Waals surface area contributed by atoms with E-state index in [0.717, 1.165) is 11.1 Å². The van der Waals surface area contributed by atoms with Gasteiger partial charge in [-0.25, -0.2) is 0 Å². The van der Waals surface area contributed by atoms with Crippen LogP contribution in [0.1, 0.15) is 34.8 Å². The van der Waals surface area contributed by atoms with Gasteiger partial charge < -0.3 is 9.47 Å². The van der Waals surface area contributed by atoms with E-state index in [0.29, 0.717) is 11.3 Å². The Bertz CT molecular complexity index is 689. The fourth-order valence-corrected chi connectivity index (χ4v) is 2.09. The van der Waals surface area contributed by atoms with Crippen molar-refractivity contribution in [2.75, 3.05) is 0 Å². The van der Waals surface area contributed by atoms with E-state index in [-0.39, 0.29) is 12.2 Å². The topological polar surface area (TPSA) is 52.6 Å². The Morgan fingerprint density at radius 3 is 2.30 bits per heavy atom. The number of rotatable bonds is 6. The van der Waals surface area contributed by atoms with E-state index in [2.05, 4.69) is 0 Å². The van der Waals surface area contributed by atoms with E-state index in [1.807, 2.05) is 44.2 Å². The molecule has 0 N–H and O–H groups in total. The van der Waals surface area contributed by atoms with Crippen LogP contribution >= 0.6 is 0 Å². The van der Waals surface area contributed by atoms with Gasteiger partial charge in [0, 0.05) is 12.5 Å². The number of ether oxygens (including phenoxy) is 2. The van der Waals surface area contributed by atoms with Crippen molar-refractivity contribution in [2.24, 2.45) is 0 Å². The first-order chi connectivity index (χ1) is 11.0. The average Bonchev–Trinajstić information content (AvgIpc) is 2.50. The molecule has 0 spiro atoms. The zero-order valence-electron chi connectivity index (χ0n) is 13.5. The Hall–Kier alpha value is -2.62. The molecule has 1 atom stereocenters. The zero-order chi connectivity index (χ0) is 16.8. The number of hydrogen-bond acceptors (Lipinski definition) is 4. The molecule has 4 nitrogen and oxygen atoms in total. The van der Waals surface area contributed by atoms with E-state index in [4.69, 9.17) is 9.47 Å². The Labute approximate surface area is 136 Å². The Balaban J connectivity index is 1.87. The monoisotopic (exact) mass is 312 g/mol. The van der Waals surface area contributed by atoms with Crippen molar-refractivity contribution < 1.29 is 19.1 Å². The first kappa shape index (κ1) is 16.7. The van der Waals surface area contributed by atoms with Gasteiger partial charge in [-0.1, -0.05) is 48.0 Å². The number of carbonyl (C=O) groups excluding carboxylic acids is 2. The molecule has 0 heterocycles. The summed E-state index contributed by atoms with van der Waals surface area (Å²) < 4.78 is 10.7. The standard InChI is InChI=1S/C19H20O4/c1-13-8-10-16(11-9-13)17(20)12-19(21)23-15(3)22-18-7-5-4-6-14(18)2/h4-11,15H,12H2,1-3H3. The predicted molar refractivity (Wildman–Crippen MR) is 87.5 cm³/mol. The van der Waals surface area contributed by atoms with E-state index in [9.17, 15) is 9.59 Å². The quantitative estimate of drug-likeness (QED) is 0.352. The van der Waals surface area contributed by atoms with Crippen molar-refractivity contribution in [3.63, 3.8) is 0 Å². The minimum atomic E-state index is -0.755. The largest absolute Gasteiger partial charge is 0.455 e. The van der Waals surface area contributed by atoms with Crippen molar-refractivity contribution in [3.05, 3.63) is 65.2 Å². The minimum Gasteiger partial charge on any atom is -0.455 e. The van der Waals surface area contributed by atoms with Crippen LogP contribution in [0.3, 0.4) is 0 Å². The summed E-state index contributed by atoms with van der Waals surface area (Å²) in [6.45, 7) is 5.47. The van der Waals surface area contributed by atoms with Crippen LogP contribution in [0.15, 0.2) is 48.5 Å². The highest BCUT2D eigenvalue weighted by molar-refractivity contribution is 6.05. The Kier molecular flexibility index (Phi) is 5.52. The molecule has 0 amide bonds. The number of para-hydroxylation sites is 1. The van der Waals surface area contributed by atoms with Crippen LogP contribution in [0.4, 0.5) is 0 Å². The van der Waals surface area contributed by atoms with Gasteiger partial charge in [-0.3, -0.25) is 9.59 Å². The first-order valence-corrected chi connectivity index (χ1v) is 7.47. The summed E-state index contributed by atoms with van der Waals surface area (Å²) in [6, 6.07) is 14.5. The molecule has 4 heteroatoms. The molecule has 0 bridgehead atoms. The number of benzene rings is 2. The number of esters is 1. The lowest BCUT2D eigenvalue weighted by Crippen LogP contribution is -2.23. The number of carbonyl (C=O) groups is 2. The lowest BCUT2D eigenvalue weighted by Gasteiger charge is -2.16. The van der Waals surface area contributed by atoms with Crippen LogP contribution in [-0.2, 0) is 9.53 Å². The van der Waals surface area contributed by atoms with Gasteiger partial charge in [-0.05, 0) is 25.5 Å². The second-order valence-corrected chi connectivity index (χ2v) is 5.41. The maximum Gasteiger partial charge on any atom is 0.316 e. The number of ketones is 1. The second-order valence-electron chi connectivity index (χ2n) is 5.41. The zero-order valence-corrected chi connectivity index (χ0v) is 13.5. The molecule has 0 aromatic heterocycles. The number of aryl methyl sites for hydroxylation is 2. The fraction of sp³-hybridized carbons (Fsp3) is 0.263. The van der Waals surface area contributed by atoms with Crippen molar-refractivity contribution in [1.82, 2.24) is 0 Å². The Morgan fingerprint density at radius 1 is 1.00 bits per heavy atom. The molecular formula is C19H20O4. The predicted octanol–water partition coefficient (Wildman–Crippen LogP) is 3.84. The molecule has 0 aliphatic carbocycles. The highest BCUT2D eigenvalue weighted by Crippen LogP contribution is 2.18. The van der Waals surface area contributed by atoms with E-state index in [1.54, 1.807) is 25.1 Å². The van der Waals surface area contributed by atoms with Crippen LogP contribution in [0.25, 0.3) is 0 Å². The average molecular weight is 312 g/mol. The van der Waals surface area contributed by atoms with Crippen molar-refractivity contribution in [1.29, 1.82) is 0 Å². The molecule has 2 aromatic carbocycles. The lowest BCUT2D eigenvalue weighted by atomic mass is 10.1. The SMILES string of the molecule is Cc1ccc(C(=O)CC(=O)OC(C)Oc2ccccc2C)cc1. The summed E-state index contributed by atoms with van der Waals surface area (Å²) in [7, 11) is 0. The third-order valence-corrected chi connectivity index (χ3v) is 3.36. The van der Waals surface area contributed by atoms with Crippen LogP contribution < -0.4 is 4.74 Å². The van der Waals surface area contributed by atoms with Crippen LogP contribution in [0.5, 0.6) is 5.75 Å². The van der Waals surface area contributed by atoms with Crippen LogP contribution in [0, 0.1) is 13.8 Å². The Morgan fingerprint density at radius 2 is 1.65 bits per heavy atom. The number of Topliss-reactive ketones (excluding diaryl/α,β-unsaturated/α-hetero) is 1. The summed E-state index contributed by atoms with van der Waals surface area (Å²) in [5, 5.41) is 0. The smallest absolute Gasteiger partial charge is 0.316 e. The molecule has 0 saturated carbocycles. The van der Waals surface area contributed by atoms with Gasteiger partial charge in [0.05, 0.1) is 0 Å². The molecule has 23 heavy (non-hydrogen) atoms. The normalized spacial score (nSPS) is 11.6. The fourth-order valence-electron chi connectivity index (χ4n) is 2.09. The van der Waals surface area contributed by atoms with E-state index in [1.165, 1.54) is 0 Å². The highest BCUT2D eigenvalue weighted by Gasteiger charge is 2.16. The van der Waals surface area contributed by atoms with Crippen LogP contribution in [-0.4, -0.2) is 18.0 Å². The summed E-state index contributed by atoms with van der Waals surface area (Å²) in [5.74, 6) is -0.215. The van der Waals surface area contributed by atoms with Gasteiger partial charge in [0.1, 0.15) is 12.2 Å². The third-order valence-electron chi connectivity index (χ3n) is 3.36. The second kappa shape index (κ2) is 7.58. The van der Waals surface area contributed by atoms with Gasteiger partial charge in [-0.2, -0.15) is 0 Å². The van der Waals surface area contributed by atoms with Gasteiger partial charge in [-0.15, -0.1) is 0 Å². The maximum atomic E-state index is 12.0. The van der Waals surface area contributed by atoms with E-state index < -0.39 is 12.3 Å². The van der Waals surface area contributed by atoms with Gasteiger partial charge in [0.25, 0.3) is 0 Å². The third kappa shape index (κ3) is 4.95. The van der Waals surface area contributed by atoms with Gasteiger partial charge in [0.2, 0.25) is 6.29 Å². The van der Waals surface area contributed by atoms with E-state index >= 15 is 0 Å². The summed E-state index contributed by atoms with van der Waals surface area (Å²) >= 11 is 0. The maximum absolute atomic E-state index is 12.0. The molecule has 0 fully saturated rings. The lowest BCUT2D eigenvalue weighted by molar-refractivity contribution is -0.160. The van der Waals surface area contributed by atoms with Crippen molar-refractivity contribution >= 4 is 11.8 Å². The molecule has 0 aliphatic heterocycles. The highest BCUT2D eigenvalue weighted by atomic mass is 16.7. The summed E-state index contributed by atoms with van der Waals surface area (Å²) in [4.78, 5) is 23.9. The molecule has 0 radical (unpaired) electrons. The molecule has 0 saturated heterocycles. The van der Waals surface area contributed by atoms with Crippen molar-refractivity contribution in [2.45, 2.75) is 33.5 Å². The molecule has 2 aromatic rings. The summed E-state index contributed by atoms with van der Waals surface area (Å²) in [5.41, 5.74) is 2.51. The molecular weight excluding hydrogens is 292 g/mol. The molecule has 120 valence electrons. The molecule has 1 unspecified atom stereocenters. The summed E-state index contributed by atoms with van der Waals surface area (Å²) in [6.07, 6.45) is -1.06. The molecule has 0 aliphatic rings. The van der Waals surface area contributed by atoms with Crippen LogP contribution in [0.2, 0.25) is 0 Å².